The van der Waals surface area contributed by atoms with Crippen molar-refractivity contribution in [2.45, 2.75) is 6.43 Å². The number of fused-ring (bicyclic) bond motifs is 1. The molecule has 0 bridgehead atoms. The van der Waals surface area contributed by atoms with Crippen LogP contribution in [0.1, 0.15) is 12.0 Å². The fourth-order valence-corrected chi connectivity index (χ4v) is 1.69. The third-order valence-electron chi connectivity index (χ3n) is 1.70. The van der Waals surface area contributed by atoms with Gasteiger partial charge in [-0.25, -0.2) is 8.78 Å². The largest absolute Gasteiger partial charge is 0.454 e. The topological polar surface area (TPSA) is 18.5 Å². The predicted octanol–water partition coefficient (Wildman–Crippen LogP) is 3.12. The molecule has 0 atom stereocenters. The number of alkyl halides is 2. The molecule has 0 spiro atoms. The van der Waals surface area contributed by atoms with Gasteiger partial charge in [-0.3, -0.25) is 0 Å². The van der Waals surface area contributed by atoms with Crippen LogP contribution in [0.3, 0.4) is 0 Å². The van der Waals surface area contributed by atoms with E-state index in [1.165, 1.54) is 12.1 Å². The first-order chi connectivity index (χ1) is 6.18. The molecule has 0 saturated carbocycles. The van der Waals surface area contributed by atoms with Crippen molar-refractivity contribution in [3.8, 4) is 11.5 Å². The van der Waals surface area contributed by atoms with Crippen LogP contribution in [-0.4, -0.2) is 6.79 Å². The number of hydrogen-bond acceptors (Lipinski definition) is 2. The van der Waals surface area contributed by atoms with E-state index in [1.807, 2.05) is 0 Å². The normalized spacial score (nSPS) is 13.8. The molecule has 0 aliphatic carbocycles. The number of halogens is 3. The zero-order valence-corrected chi connectivity index (χ0v) is 7.98. The SMILES string of the molecule is FC(F)c1cc(Br)c2c(c1)OCO2. The van der Waals surface area contributed by atoms with Crippen molar-refractivity contribution in [3.63, 3.8) is 0 Å². The smallest absolute Gasteiger partial charge is 0.264 e. The molecule has 0 saturated heterocycles. The molecular weight excluding hydrogens is 246 g/mol. The summed E-state index contributed by atoms with van der Waals surface area (Å²) in [5.41, 5.74) is -0.0730. The minimum absolute atomic E-state index is 0.0730. The van der Waals surface area contributed by atoms with E-state index in [1.54, 1.807) is 0 Å². The van der Waals surface area contributed by atoms with Crippen LogP contribution in [0, 0.1) is 0 Å². The fraction of sp³-hybridized carbons (Fsp3) is 0.250. The Kier molecular flexibility index (Phi) is 2.11. The van der Waals surface area contributed by atoms with E-state index in [0.717, 1.165) is 0 Å². The van der Waals surface area contributed by atoms with E-state index in [4.69, 9.17) is 9.47 Å². The number of rotatable bonds is 1. The summed E-state index contributed by atoms with van der Waals surface area (Å²) < 4.78 is 35.1. The van der Waals surface area contributed by atoms with Gasteiger partial charge in [0.1, 0.15) is 0 Å². The first-order valence-electron chi connectivity index (χ1n) is 3.55. The van der Waals surface area contributed by atoms with Crippen molar-refractivity contribution in [1.82, 2.24) is 0 Å². The molecule has 0 fully saturated rings. The maximum absolute atomic E-state index is 12.3. The quantitative estimate of drug-likeness (QED) is 0.763. The summed E-state index contributed by atoms with van der Waals surface area (Å²) in [7, 11) is 0. The van der Waals surface area contributed by atoms with Gasteiger partial charge in [-0.15, -0.1) is 0 Å². The van der Waals surface area contributed by atoms with Crippen LogP contribution >= 0.6 is 15.9 Å². The van der Waals surface area contributed by atoms with E-state index in [0.29, 0.717) is 16.0 Å². The predicted molar refractivity (Wildman–Crippen MR) is 45.2 cm³/mol. The summed E-state index contributed by atoms with van der Waals surface area (Å²) in [6.07, 6.45) is -2.49. The molecule has 0 N–H and O–H groups in total. The minimum Gasteiger partial charge on any atom is -0.454 e. The second kappa shape index (κ2) is 3.14. The Bertz CT molecular complexity index is 341. The Balaban J connectivity index is 2.49. The highest BCUT2D eigenvalue weighted by molar-refractivity contribution is 9.10. The van der Waals surface area contributed by atoms with Crippen LogP contribution in [-0.2, 0) is 0 Å². The number of benzene rings is 1. The van der Waals surface area contributed by atoms with Crippen LogP contribution in [0.4, 0.5) is 8.78 Å². The molecule has 1 aromatic rings. The second-order valence-electron chi connectivity index (χ2n) is 2.54. The summed E-state index contributed by atoms with van der Waals surface area (Å²) in [5.74, 6) is 0.856. The van der Waals surface area contributed by atoms with Crippen molar-refractivity contribution in [1.29, 1.82) is 0 Å². The van der Waals surface area contributed by atoms with Crippen LogP contribution < -0.4 is 9.47 Å². The average Bonchev–Trinajstić information content (AvgIpc) is 2.51. The molecule has 13 heavy (non-hydrogen) atoms. The molecular formula is C8H5BrF2O2. The molecule has 1 aliphatic rings. The molecule has 5 heteroatoms. The van der Waals surface area contributed by atoms with Gasteiger partial charge in [-0.05, 0) is 28.1 Å². The third kappa shape index (κ3) is 1.48. The standard InChI is InChI=1S/C8H5BrF2O2/c9-5-1-4(8(10)11)2-6-7(5)13-3-12-6/h1-2,8H,3H2. The molecule has 2 rings (SSSR count). The highest BCUT2D eigenvalue weighted by atomic mass is 79.9. The average molecular weight is 251 g/mol. The molecule has 2 nitrogen and oxygen atoms in total. The Hall–Kier alpha value is -0.840. The number of hydrogen-bond donors (Lipinski definition) is 0. The van der Waals surface area contributed by atoms with Gasteiger partial charge >= 0.3 is 0 Å². The van der Waals surface area contributed by atoms with E-state index < -0.39 is 6.43 Å². The molecule has 1 aromatic carbocycles. The van der Waals surface area contributed by atoms with Gasteiger partial charge in [-0.1, -0.05) is 0 Å². The van der Waals surface area contributed by atoms with Gasteiger partial charge in [0.15, 0.2) is 11.5 Å². The van der Waals surface area contributed by atoms with Crippen LogP contribution in [0.15, 0.2) is 16.6 Å². The molecule has 70 valence electrons. The summed E-state index contributed by atoms with van der Waals surface area (Å²) in [6.45, 7) is 0.0840. The molecule has 0 amide bonds. The van der Waals surface area contributed by atoms with Crippen LogP contribution in [0.25, 0.3) is 0 Å². The van der Waals surface area contributed by atoms with Gasteiger partial charge < -0.3 is 9.47 Å². The summed E-state index contributed by atoms with van der Waals surface area (Å²) in [4.78, 5) is 0. The van der Waals surface area contributed by atoms with Gasteiger partial charge in [0.25, 0.3) is 6.43 Å². The van der Waals surface area contributed by atoms with Crippen LogP contribution in [0.2, 0.25) is 0 Å². The van der Waals surface area contributed by atoms with Gasteiger partial charge in [0.05, 0.1) is 4.47 Å². The second-order valence-corrected chi connectivity index (χ2v) is 3.39. The van der Waals surface area contributed by atoms with Crippen molar-refractivity contribution < 1.29 is 18.3 Å². The zero-order chi connectivity index (χ0) is 9.42. The van der Waals surface area contributed by atoms with Crippen molar-refractivity contribution in [2.75, 3.05) is 6.79 Å². The van der Waals surface area contributed by atoms with E-state index >= 15 is 0 Å². The Morgan fingerprint density at radius 3 is 2.77 bits per heavy atom. The van der Waals surface area contributed by atoms with Crippen molar-refractivity contribution >= 4 is 15.9 Å². The number of ether oxygens (including phenoxy) is 2. The van der Waals surface area contributed by atoms with Gasteiger partial charge in [0.2, 0.25) is 6.79 Å². The minimum atomic E-state index is -2.49. The first-order valence-corrected chi connectivity index (χ1v) is 4.35. The lowest BCUT2D eigenvalue weighted by atomic mass is 10.2. The summed E-state index contributed by atoms with van der Waals surface area (Å²) >= 11 is 3.13. The van der Waals surface area contributed by atoms with E-state index in [-0.39, 0.29) is 12.4 Å². The maximum atomic E-state index is 12.3. The fourth-order valence-electron chi connectivity index (χ4n) is 1.11. The lowest BCUT2D eigenvalue weighted by Crippen LogP contribution is -1.93. The summed E-state index contributed by atoms with van der Waals surface area (Å²) in [5, 5.41) is 0. The highest BCUT2D eigenvalue weighted by Gasteiger charge is 2.20. The lowest BCUT2D eigenvalue weighted by Gasteiger charge is -2.03. The maximum Gasteiger partial charge on any atom is 0.264 e. The lowest BCUT2D eigenvalue weighted by molar-refractivity contribution is 0.150. The highest BCUT2D eigenvalue weighted by Crippen LogP contribution is 2.41. The third-order valence-corrected chi connectivity index (χ3v) is 2.29. The van der Waals surface area contributed by atoms with Gasteiger partial charge in [-0.2, -0.15) is 0 Å². The molecule has 0 unspecified atom stereocenters. The molecule has 0 aromatic heterocycles. The van der Waals surface area contributed by atoms with E-state index in [9.17, 15) is 8.78 Å². The monoisotopic (exact) mass is 250 g/mol. The Labute approximate surface area is 81.6 Å². The van der Waals surface area contributed by atoms with Crippen molar-refractivity contribution in [3.05, 3.63) is 22.2 Å². The molecule has 1 aliphatic heterocycles. The molecule has 1 heterocycles. The summed E-state index contributed by atoms with van der Waals surface area (Å²) in [6, 6.07) is 2.62. The Morgan fingerprint density at radius 2 is 2.08 bits per heavy atom. The van der Waals surface area contributed by atoms with Crippen molar-refractivity contribution in [2.24, 2.45) is 0 Å². The first kappa shape index (κ1) is 8.74. The molecule has 0 radical (unpaired) electrons. The van der Waals surface area contributed by atoms with E-state index in [2.05, 4.69) is 15.9 Å². The zero-order valence-electron chi connectivity index (χ0n) is 6.39. The van der Waals surface area contributed by atoms with Gasteiger partial charge in [0, 0.05) is 5.56 Å². The Morgan fingerprint density at radius 1 is 1.31 bits per heavy atom. The van der Waals surface area contributed by atoms with Crippen LogP contribution in [0.5, 0.6) is 11.5 Å².